The van der Waals surface area contributed by atoms with Crippen LogP contribution in [0.3, 0.4) is 0 Å². The fourth-order valence-electron chi connectivity index (χ4n) is 1.44. The number of aliphatic carboxylic acids is 1. The first-order chi connectivity index (χ1) is 9.35. The summed E-state index contributed by atoms with van der Waals surface area (Å²) >= 11 is 7.32. The molecule has 108 valence electrons. The zero-order chi connectivity index (χ0) is 15.3. The summed E-state index contributed by atoms with van der Waals surface area (Å²) in [5, 5.41) is 11.3. The molecular weight excluding hydrogens is 304 g/mol. The minimum atomic E-state index is -1.38. The summed E-state index contributed by atoms with van der Waals surface area (Å²) in [6.45, 7) is 0. The summed E-state index contributed by atoms with van der Waals surface area (Å²) in [7, 11) is 0. The fourth-order valence-corrected chi connectivity index (χ4v) is 2.09. The number of benzene rings is 1. The lowest BCUT2D eigenvalue weighted by Gasteiger charge is -2.14. The van der Waals surface area contributed by atoms with Crippen molar-refractivity contribution < 1.29 is 19.5 Å². The summed E-state index contributed by atoms with van der Waals surface area (Å²) in [6, 6.07) is 3.45. The molecule has 1 aromatic carbocycles. The van der Waals surface area contributed by atoms with E-state index in [1.165, 1.54) is 11.8 Å². The van der Waals surface area contributed by atoms with Crippen molar-refractivity contribution >= 4 is 41.1 Å². The van der Waals surface area contributed by atoms with Crippen LogP contribution < -0.4 is 11.1 Å². The summed E-state index contributed by atoms with van der Waals surface area (Å²) in [6.07, 6.45) is 1.35. The van der Waals surface area contributed by atoms with Gasteiger partial charge in [0.15, 0.2) is 0 Å². The van der Waals surface area contributed by atoms with Crippen molar-refractivity contribution in [3.8, 4) is 0 Å². The van der Waals surface area contributed by atoms with Crippen LogP contribution in [0.1, 0.15) is 16.8 Å². The lowest BCUT2D eigenvalue weighted by molar-refractivity contribution is -0.140. The monoisotopic (exact) mass is 316 g/mol. The molecule has 0 bridgehead atoms. The zero-order valence-electron chi connectivity index (χ0n) is 10.6. The molecule has 1 aromatic rings. The fraction of sp³-hybridized carbons (Fsp3) is 0.250. The Bertz CT molecular complexity index is 550. The standard InChI is InChI=1S/C12H13ClN2O4S/c1-20-6-2-3-8(13)7(4-6)11(17)15-9(12(18)19)5-10(14)16/h2-4,9H,5H2,1H3,(H2,14,16)(H,15,17)(H,18,19). The third kappa shape index (κ3) is 4.43. The Morgan fingerprint density at radius 3 is 2.60 bits per heavy atom. The van der Waals surface area contributed by atoms with Crippen molar-refractivity contribution in [1.82, 2.24) is 5.32 Å². The molecule has 4 N–H and O–H groups in total. The Balaban J connectivity index is 2.94. The number of carboxylic acids is 1. The molecule has 0 fully saturated rings. The molecule has 0 aromatic heterocycles. The average Bonchev–Trinajstić information content (AvgIpc) is 2.37. The van der Waals surface area contributed by atoms with Crippen LogP contribution in [0.2, 0.25) is 5.02 Å². The van der Waals surface area contributed by atoms with Gasteiger partial charge in [0.25, 0.3) is 5.91 Å². The number of nitrogens with one attached hydrogen (secondary N) is 1. The molecule has 8 heteroatoms. The number of hydrogen-bond acceptors (Lipinski definition) is 4. The first kappa shape index (κ1) is 16.3. The third-order valence-electron chi connectivity index (χ3n) is 2.43. The van der Waals surface area contributed by atoms with Crippen molar-refractivity contribution in [2.24, 2.45) is 5.73 Å². The topological polar surface area (TPSA) is 109 Å². The number of rotatable bonds is 6. The van der Waals surface area contributed by atoms with E-state index in [1.807, 2.05) is 6.26 Å². The normalized spacial score (nSPS) is 11.7. The number of carbonyl (C=O) groups excluding carboxylic acids is 2. The maximum absolute atomic E-state index is 12.0. The molecular formula is C12H13ClN2O4S. The van der Waals surface area contributed by atoms with Crippen molar-refractivity contribution in [3.63, 3.8) is 0 Å². The van der Waals surface area contributed by atoms with E-state index in [4.69, 9.17) is 22.4 Å². The van der Waals surface area contributed by atoms with E-state index >= 15 is 0 Å². The minimum Gasteiger partial charge on any atom is -0.480 e. The van der Waals surface area contributed by atoms with E-state index in [0.29, 0.717) is 0 Å². The van der Waals surface area contributed by atoms with Gasteiger partial charge in [-0.25, -0.2) is 4.79 Å². The largest absolute Gasteiger partial charge is 0.480 e. The molecule has 6 nitrogen and oxygen atoms in total. The predicted octanol–water partition coefficient (Wildman–Crippen LogP) is 1.12. The van der Waals surface area contributed by atoms with E-state index in [0.717, 1.165) is 4.90 Å². The Hall–Kier alpha value is -1.73. The van der Waals surface area contributed by atoms with Gasteiger partial charge in [0.2, 0.25) is 5.91 Å². The smallest absolute Gasteiger partial charge is 0.326 e. The van der Waals surface area contributed by atoms with E-state index in [2.05, 4.69) is 5.32 Å². The van der Waals surface area contributed by atoms with E-state index in [9.17, 15) is 14.4 Å². The number of hydrogen-bond donors (Lipinski definition) is 3. The van der Waals surface area contributed by atoms with Gasteiger partial charge in [-0.2, -0.15) is 0 Å². The second kappa shape index (κ2) is 7.16. The number of thioether (sulfide) groups is 1. The lowest BCUT2D eigenvalue weighted by atomic mass is 10.1. The van der Waals surface area contributed by atoms with Crippen LogP contribution in [0.5, 0.6) is 0 Å². The van der Waals surface area contributed by atoms with Crippen LogP contribution >= 0.6 is 23.4 Å². The highest BCUT2D eigenvalue weighted by Gasteiger charge is 2.23. The second-order valence-corrected chi connectivity index (χ2v) is 5.17. The number of halogens is 1. The summed E-state index contributed by atoms with van der Waals surface area (Å²) in [5.74, 6) is -2.82. The van der Waals surface area contributed by atoms with Crippen LogP contribution in [-0.4, -0.2) is 35.2 Å². The number of carbonyl (C=O) groups is 3. The summed E-state index contributed by atoms with van der Waals surface area (Å²) in [4.78, 5) is 34.5. The molecule has 0 heterocycles. The lowest BCUT2D eigenvalue weighted by Crippen LogP contribution is -2.43. The van der Waals surface area contributed by atoms with Crippen LogP contribution in [0.15, 0.2) is 23.1 Å². The molecule has 0 radical (unpaired) electrons. The molecule has 0 saturated heterocycles. The summed E-state index contributed by atoms with van der Waals surface area (Å²) in [5.41, 5.74) is 5.09. The van der Waals surface area contributed by atoms with Crippen molar-refractivity contribution in [1.29, 1.82) is 0 Å². The van der Waals surface area contributed by atoms with Crippen molar-refractivity contribution in [2.75, 3.05) is 6.26 Å². The molecule has 2 amide bonds. The van der Waals surface area contributed by atoms with E-state index in [1.54, 1.807) is 18.2 Å². The molecule has 0 spiro atoms. The van der Waals surface area contributed by atoms with Gasteiger partial charge in [-0.15, -0.1) is 11.8 Å². The van der Waals surface area contributed by atoms with Crippen LogP contribution in [-0.2, 0) is 9.59 Å². The molecule has 1 rings (SSSR count). The van der Waals surface area contributed by atoms with Gasteiger partial charge in [0.1, 0.15) is 6.04 Å². The van der Waals surface area contributed by atoms with Crippen LogP contribution in [0.25, 0.3) is 0 Å². The SMILES string of the molecule is CSc1ccc(Cl)c(C(=O)NC(CC(N)=O)C(=O)O)c1. The predicted molar refractivity (Wildman–Crippen MR) is 75.9 cm³/mol. The average molecular weight is 317 g/mol. The van der Waals surface area contributed by atoms with Gasteiger partial charge in [-0.3, -0.25) is 9.59 Å². The first-order valence-corrected chi connectivity index (χ1v) is 7.11. The van der Waals surface area contributed by atoms with E-state index < -0.39 is 30.2 Å². The first-order valence-electron chi connectivity index (χ1n) is 5.50. The van der Waals surface area contributed by atoms with Crippen molar-refractivity contribution in [2.45, 2.75) is 17.4 Å². The molecule has 0 aliphatic rings. The number of nitrogens with two attached hydrogens (primary N) is 1. The highest BCUT2D eigenvalue weighted by atomic mass is 35.5. The third-order valence-corrected chi connectivity index (χ3v) is 3.48. The highest BCUT2D eigenvalue weighted by molar-refractivity contribution is 7.98. The van der Waals surface area contributed by atoms with Gasteiger partial charge in [0.05, 0.1) is 17.0 Å². The van der Waals surface area contributed by atoms with Gasteiger partial charge in [-0.1, -0.05) is 11.6 Å². The maximum Gasteiger partial charge on any atom is 0.326 e. The number of primary amides is 1. The molecule has 0 saturated carbocycles. The maximum atomic E-state index is 12.0. The molecule has 0 aliphatic carbocycles. The Morgan fingerprint density at radius 1 is 1.45 bits per heavy atom. The summed E-state index contributed by atoms with van der Waals surface area (Å²) < 4.78 is 0. The van der Waals surface area contributed by atoms with Gasteiger partial charge in [-0.05, 0) is 24.5 Å². The number of carboxylic acid groups (broad SMARTS) is 1. The Morgan fingerprint density at radius 2 is 2.10 bits per heavy atom. The molecule has 20 heavy (non-hydrogen) atoms. The Kier molecular flexibility index (Phi) is 5.84. The minimum absolute atomic E-state index is 0.147. The van der Waals surface area contributed by atoms with Gasteiger partial charge >= 0.3 is 5.97 Å². The van der Waals surface area contributed by atoms with Crippen LogP contribution in [0.4, 0.5) is 0 Å². The van der Waals surface area contributed by atoms with Gasteiger partial charge in [0, 0.05) is 4.90 Å². The quantitative estimate of drug-likeness (QED) is 0.681. The Labute approximate surface area is 124 Å². The van der Waals surface area contributed by atoms with Crippen LogP contribution in [0, 0.1) is 0 Å². The van der Waals surface area contributed by atoms with Crippen molar-refractivity contribution in [3.05, 3.63) is 28.8 Å². The zero-order valence-corrected chi connectivity index (χ0v) is 12.1. The number of amides is 2. The second-order valence-electron chi connectivity index (χ2n) is 3.88. The van der Waals surface area contributed by atoms with Gasteiger partial charge < -0.3 is 16.2 Å². The highest BCUT2D eigenvalue weighted by Crippen LogP contribution is 2.23. The molecule has 1 atom stereocenters. The van der Waals surface area contributed by atoms with E-state index in [-0.39, 0.29) is 10.6 Å². The molecule has 0 aliphatic heterocycles. The molecule has 1 unspecified atom stereocenters.